The zero-order valence-corrected chi connectivity index (χ0v) is 11.4. The maximum absolute atomic E-state index is 12.1. The Morgan fingerprint density at radius 1 is 1.20 bits per heavy atom. The maximum atomic E-state index is 12.1. The van der Waals surface area contributed by atoms with E-state index in [1.165, 1.54) is 6.42 Å². The van der Waals surface area contributed by atoms with Crippen molar-refractivity contribution in [3.05, 3.63) is 23.8 Å². The summed E-state index contributed by atoms with van der Waals surface area (Å²) in [4.78, 5) is 12.1. The fourth-order valence-electron chi connectivity index (χ4n) is 2.77. The molecule has 2 aliphatic rings. The van der Waals surface area contributed by atoms with Crippen LogP contribution < -0.4 is 14.8 Å². The Morgan fingerprint density at radius 2 is 1.95 bits per heavy atom. The van der Waals surface area contributed by atoms with E-state index in [2.05, 4.69) is 5.32 Å². The number of hydrogen-bond donors (Lipinski definition) is 2. The monoisotopic (exact) mass is 277 g/mol. The van der Waals surface area contributed by atoms with Gasteiger partial charge in [-0.2, -0.15) is 0 Å². The molecule has 0 radical (unpaired) electrons. The van der Waals surface area contributed by atoms with Gasteiger partial charge in [-0.05, 0) is 31.0 Å². The molecule has 1 saturated carbocycles. The summed E-state index contributed by atoms with van der Waals surface area (Å²) in [5.74, 6) is 1.06. The van der Waals surface area contributed by atoms with Crippen molar-refractivity contribution in [2.45, 2.75) is 37.7 Å². The van der Waals surface area contributed by atoms with Crippen LogP contribution in [0, 0.1) is 0 Å². The van der Waals surface area contributed by atoms with Crippen molar-refractivity contribution in [1.29, 1.82) is 0 Å². The van der Waals surface area contributed by atoms with Crippen LogP contribution in [0.4, 0.5) is 0 Å². The summed E-state index contributed by atoms with van der Waals surface area (Å²) < 4.78 is 10.5. The first-order valence-electron chi connectivity index (χ1n) is 7.07. The third-order valence-electron chi connectivity index (χ3n) is 4.00. The first-order chi connectivity index (χ1) is 9.66. The quantitative estimate of drug-likeness (QED) is 0.884. The van der Waals surface area contributed by atoms with E-state index in [0.29, 0.717) is 23.6 Å². The number of carbonyl (C=O) groups excluding carboxylic acids is 1. The highest BCUT2D eigenvalue weighted by molar-refractivity contribution is 5.95. The Bertz CT molecular complexity index is 509. The van der Waals surface area contributed by atoms with Crippen molar-refractivity contribution >= 4 is 5.91 Å². The molecule has 1 aromatic carbocycles. The molecule has 5 nitrogen and oxygen atoms in total. The van der Waals surface area contributed by atoms with Gasteiger partial charge in [-0.25, -0.2) is 0 Å². The molecule has 0 aromatic heterocycles. The number of hydrogen-bond acceptors (Lipinski definition) is 4. The van der Waals surface area contributed by atoms with Gasteiger partial charge in [0.1, 0.15) is 0 Å². The van der Waals surface area contributed by atoms with Crippen molar-refractivity contribution in [1.82, 2.24) is 5.32 Å². The van der Waals surface area contributed by atoms with Crippen LogP contribution in [0.5, 0.6) is 11.5 Å². The standard InChI is InChI=1S/C15H19NO4/c17-14(16-9-15(18)6-2-1-3-7-15)11-4-5-12-13(8-11)20-10-19-12/h4-5,8,18H,1-3,6-7,9-10H2,(H,16,17). The lowest BCUT2D eigenvalue weighted by Gasteiger charge is -2.32. The molecule has 2 N–H and O–H groups in total. The summed E-state index contributed by atoms with van der Waals surface area (Å²) in [6.45, 7) is 0.500. The molecule has 0 bridgehead atoms. The predicted octanol–water partition coefficient (Wildman–Crippen LogP) is 1.84. The lowest BCUT2D eigenvalue weighted by molar-refractivity contribution is 0.00525. The number of rotatable bonds is 3. The van der Waals surface area contributed by atoms with Gasteiger partial charge in [0, 0.05) is 12.1 Å². The zero-order chi connectivity index (χ0) is 14.0. The Morgan fingerprint density at radius 3 is 2.75 bits per heavy atom. The van der Waals surface area contributed by atoms with Crippen LogP contribution in [0.1, 0.15) is 42.5 Å². The lowest BCUT2D eigenvalue weighted by Crippen LogP contribution is -2.44. The summed E-state index contributed by atoms with van der Waals surface area (Å²) in [5.41, 5.74) is -0.224. The molecule has 1 fully saturated rings. The van der Waals surface area contributed by atoms with Crippen LogP contribution in [0.25, 0.3) is 0 Å². The number of ether oxygens (including phenoxy) is 2. The zero-order valence-electron chi connectivity index (χ0n) is 11.4. The summed E-state index contributed by atoms with van der Waals surface area (Å²) in [6, 6.07) is 5.10. The summed E-state index contributed by atoms with van der Waals surface area (Å²) in [5, 5.41) is 13.2. The minimum absolute atomic E-state index is 0.192. The molecule has 0 spiro atoms. The predicted molar refractivity (Wildman–Crippen MR) is 72.9 cm³/mol. The second kappa shape index (κ2) is 5.32. The average molecular weight is 277 g/mol. The minimum atomic E-state index is -0.746. The summed E-state index contributed by atoms with van der Waals surface area (Å²) in [7, 11) is 0. The largest absolute Gasteiger partial charge is 0.454 e. The molecule has 1 heterocycles. The van der Waals surface area contributed by atoms with Gasteiger partial charge >= 0.3 is 0 Å². The van der Waals surface area contributed by atoms with Crippen molar-refractivity contribution in [2.75, 3.05) is 13.3 Å². The first kappa shape index (κ1) is 13.2. The summed E-state index contributed by atoms with van der Waals surface area (Å²) >= 11 is 0. The van der Waals surface area contributed by atoms with Gasteiger partial charge in [-0.3, -0.25) is 4.79 Å². The molecule has 1 amide bonds. The molecule has 0 atom stereocenters. The molecule has 0 unspecified atom stereocenters. The van der Waals surface area contributed by atoms with Gasteiger partial charge in [0.2, 0.25) is 6.79 Å². The number of fused-ring (bicyclic) bond motifs is 1. The first-order valence-corrected chi connectivity index (χ1v) is 7.07. The van der Waals surface area contributed by atoms with Gasteiger partial charge in [0.05, 0.1) is 5.60 Å². The Balaban J connectivity index is 1.61. The fourth-order valence-corrected chi connectivity index (χ4v) is 2.77. The molecule has 0 saturated heterocycles. The second-order valence-electron chi connectivity index (χ2n) is 5.54. The smallest absolute Gasteiger partial charge is 0.251 e. The van der Waals surface area contributed by atoms with Crippen LogP contribution in [0.3, 0.4) is 0 Å². The molecule has 3 rings (SSSR count). The van der Waals surface area contributed by atoms with Crippen LogP contribution in [0.15, 0.2) is 18.2 Å². The van der Waals surface area contributed by atoms with Crippen LogP contribution >= 0.6 is 0 Å². The Hall–Kier alpha value is -1.75. The lowest BCUT2D eigenvalue weighted by atomic mass is 9.85. The van der Waals surface area contributed by atoms with Crippen molar-refractivity contribution in [2.24, 2.45) is 0 Å². The number of aliphatic hydroxyl groups is 1. The van der Waals surface area contributed by atoms with E-state index < -0.39 is 5.60 Å². The van der Waals surface area contributed by atoms with E-state index in [4.69, 9.17) is 9.47 Å². The Labute approximate surface area is 117 Å². The van der Waals surface area contributed by atoms with Gasteiger partial charge < -0.3 is 19.9 Å². The van der Waals surface area contributed by atoms with E-state index in [1.807, 2.05) is 0 Å². The topological polar surface area (TPSA) is 67.8 Å². The van der Waals surface area contributed by atoms with E-state index in [1.54, 1.807) is 18.2 Å². The third-order valence-corrected chi connectivity index (χ3v) is 4.00. The SMILES string of the molecule is O=C(NCC1(O)CCCCC1)c1ccc2c(c1)OCO2. The molecular formula is C15H19NO4. The van der Waals surface area contributed by atoms with Crippen LogP contribution in [0.2, 0.25) is 0 Å². The van der Waals surface area contributed by atoms with Crippen molar-refractivity contribution < 1.29 is 19.4 Å². The van der Waals surface area contributed by atoms with Crippen molar-refractivity contribution in [3.63, 3.8) is 0 Å². The molecule has 1 aliphatic heterocycles. The van der Waals surface area contributed by atoms with E-state index in [0.717, 1.165) is 25.7 Å². The van der Waals surface area contributed by atoms with E-state index in [-0.39, 0.29) is 12.7 Å². The number of carbonyl (C=O) groups is 1. The molecular weight excluding hydrogens is 258 g/mol. The van der Waals surface area contributed by atoms with E-state index >= 15 is 0 Å². The normalized spacial score (nSPS) is 19.6. The molecule has 108 valence electrons. The molecule has 1 aromatic rings. The van der Waals surface area contributed by atoms with Gasteiger partial charge in [-0.1, -0.05) is 19.3 Å². The number of nitrogens with one attached hydrogen (secondary N) is 1. The number of amides is 1. The number of benzene rings is 1. The molecule has 20 heavy (non-hydrogen) atoms. The van der Waals surface area contributed by atoms with Crippen LogP contribution in [-0.2, 0) is 0 Å². The van der Waals surface area contributed by atoms with Gasteiger partial charge in [-0.15, -0.1) is 0 Å². The molecule has 1 aliphatic carbocycles. The van der Waals surface area contributed by atoms with Crippen molar-refractivity contribution in [3.8, 4) is 11.5 Å². The van der Waals surface area contributed by atoms with Crippen LogP contribution in [-0.4, -0.2) is 30.0 Å². The highest BCUT2D eigenvalue weighted by Gasteiger charge is 2.29. The second-order valence-corrected chi connectivity index (χ2v) is 5.54. The maximum Gasteiger partial charge on any atom is 0.251 e. The molecule has 5 heteroatoms. The highest BCUT2D eigenvalue weighted by atomic mass is 16.7. The third kappa shape index (κ3) is 2.72. The highest BCUT2D eigenvalue weighted by Crippen LogP contribution is 2.32. The van der Waals surface area contributed by atoms with Gasteiger partial charge in [0.25, 0.3) is 5.91 Å². The summed E-state index contributed by atoms with van der Waals surface area (Å²) in [6.07, 6.45) is 4.73. The Kier molecular flexibility index (Phi) is 3.53. The minimum Gasteiger partial charge on any atom is -0.454 e. The van der Waals surface area contributed by atoms with E-state index in [9.17, 15) is 9.90 Å². The fraction of sp³-hybridized carbons (Fsp3) is 0.533. The van der Waals surface area contributed by atoms with Gasteiger partial charge in [0.15, 0.2) is 11.5 Å². The average Bonchev–Trinajstić information content (AvgIpc) is 2.93.